The molecule has 1 fully saturated rings. The summed E-state index contributed by atoms with van der Waals surface area (Å²) in [6, 6.07) is 9.58. The summed E-state index contributed by atoms with van der Waals surface area (Å²) in [5.41, 5.74) is 2.37. The second kappa shape index (κ2) is 8.49. The molecule has 1 saturated heterocycles. The molecule has 2 aromatic carbocycles. The molecule has 31 heavy (non-hydrogen) atoms. The zero-order valence-electron chi connectivity index (χ0n) is 16.9. The summed E-state index contributed by atoms with van der Waals surface area (Å²) >= 11 is 6.24. The zero-order valence-corrected chi connectivity index (χ0v) is 18.4. The van der Waals surface area contributed by atoms with Gasteiger partial charge in [-0.2, -0.15) is 4.31 Å². The lowest BCUT2D eigenvalue weighted by Crippen LogP contribution is -2.45. The van der Waals surface area contributed by atoms with Gasteiger partial charge in [-0.15, -0.1) is 0 Å². The smallest absolute Gasteiger partial charge is 0.262 e. The van der Waals surface area contributed by atoms with Crippen molar-refractivity contribution in [1.29, 1.82) is 0 Å². The molecule has 8 nitrogen and oxygen atoms in total. The Bertz CT molecular complexity index is 1130. The summed E-state index contributed by atoms with van der Waals surface area (Å²) in [6.07, 6.45) is 0.991. The Morgan fingerprint density at radius 1 is 1.29 bits per heavy atom. The van der Waals surface area contributed by atoms with Crippen molar-refractivity contribution in [2.75, 3.05) is 18.5 Å². The van der Waals surface area contributed by atoms with Crippen LogP contribution >= 0.6 is 11.6 Å². The van der Waals surface area contributed by atoms with Crippen molar-refractivity contribution in [3.8, 4) is 5.75 Å². The quantitative estimate of drug-likeness (QED) is 0.708. The lowest BCUT2D eigenvalue weighted by molar-refractivity contribution is -0.124. The fourth-order valence-corrected chi connectivity index (χ4v) is 5.88. The van der Waals surface area contributed by atoms with E-state index in [0.717, 1.165) is 11.1 Å². The summed E-state index contributed by atoms with van der Waals surface area (Å²) in [4.78, 5) is 24.1. The summed E-state index contributed by atoms with van der Waals surface area (Å²) in [6.45, 7) is 2.31. The van der Waals surface area contributed by atoms with E-state index in [9.17, 15) is 18.0 Å². The minimum Gasteiger partial charge on any atom is -0.482 e. The first kappa shape index (κ1) is 21.6. The van der Waals surface area contributed by atoms with Crippen molar-refractivity contribution >= 4 is 39.1 Å². The molecular formula is C21H22ClN3O5S. The third kappa shape index (κ3) is 4.39. The summed E-state index contributed by atoms with van der Waals surface area (Å²) < 4.78 is 33.2. The Morgan fingerprint density at radius 2 is 2.03 bits per heavy atom. The highest BCUT2D eigenvalue weighted by atomic mass is 35.5. The molecule has 164 valence electrons. The number of carbonyl (C=O) groups excluding carboxylic acids is 2. The van der Waals surface area contributed by atoms with Crippen LogP contribution in [-0.4, -0.2) is 43.7 Å². The van der Waals surface area contributed by atoms with E-state index < -0.39 is 16.1 Å². The lowest BCUT2D eigenvalue weighted by Gasteiger charge is -2.25. The molecule has 0 bridgehead atoms. The Morgan fingerprint density at radius 3 is 2.77 bits per heavy atom. The molecule has 2 amide bonds. The molecule has 0 unspecified atom stereocenters. The van der Waals surface area contributed by atoms with Gasteiger partial charge >= 0.3 is 0 Å². The van der Waals surface area contributed by atoms with Crippen LogP contribution in [0.3, 0.4) is 0 Å². The minimum absolute atomic E-state index is 0.0461. The third-order valence-corrected chi connectivity index (χ3v) is 7.72. The summed E-state index contributed by atoms with van der Waals surface area (Å²) in [5.74, 6) is -0.467. The van der Waals surface area contributed by atoms with Gasteiger partial charge in [-0.1, -0.05) is 41.4 Å². The molecule has 0 radical (unpaired) electrons. The van der Waals surface area contributed by atoms with Crippen LogP contribution in [0.25, 0.3) is 0 Å². The predicted molar refractivity (Wildman–Crippen MR) is 116 cm³/mol. The Hall–Kier alpha value is -2.62. The number of amides is 2. The highest BCUT2D eigenvalue weighted by Crippen LogP contribution is 2.38. The van der Waals surface area contributed by atoms with Gasteiger partial charge in [0.2, 0.25) is 15.9 Å². The maximum Gasteiger partial charge on any atom is 0.262 e. The van der Waals surface area contributed by atoms with E-state index in [-0.39, 0.29) is 40.6 Å². The standard InChI is InChI=1S/C21H22ClN3O5S/c1-13-4-6-14(7-5-13)11-23-21(27)17-3-2-8-25(17)31(28,29)19-10-18-16(9-15(19)22)24-20(26)12-30-18/h4-7,9-10,17H,2-3,8,11-12H2,1H3,(H,23,27)(H,24,26)/t17-/m0/s1. The average molecular weight is 464 g/mol. The molecular weight excluding hydrogens is 442 g/mol. The van der Waals surface area contributed by atoms with Gasteiger partial charge in [0.15, 0.2) is 6.61 Å². The third-order valence-electron chi connectivity index (χ3n) is 5.35. The van der Waals surface area contributed by atoms with Gasteiger partial charge in [-0.3, -0.25) is 9.59 Å². The first-order valence-electron chi connectivity index (χ1n) is 9.87. The van der Waals surface area contributed by atoms with E-state index in [4.69, 9.17) is 16.3 Å². The molecule has 2 aliphatic rings. The Balaban J connectivity index is 1.54. The topological polar surface area (TPSA) is 105 Å². The number of anilines is 1. The van der Waals surface area contributed by atoms with Crippen LogP contribution in [0.1, 0.15) is 24.0 Å². The van der Waals surface area contributed by atoms with Gasteiger partial charge in [-0.05, 0) is 31.4 Å². The molecule has 10 heteroatoms. The van der Waals surface area contributed by atoms with Crippen molar-refractivity contribution in [2.45, 2.75) is 37.2 Å². The van der Waals surface area contributed by atoms with Gasteiger partial charge in [0.1, 0.15) is 16.7 Å². The molecule has 0 saturated carbocycles. The first-order valence-corrected chi connectivity index (χ1v) is 11.7. The number of benzene rings is 2. The second-order valence-corrected chi connectivity index (χ2v) is 9.86. The summed E-state index contributed by atoms with van der Waals surface area (Å²) in [7, 11) is -4.05. The number of carbonyl (C=O) groups is 2. The molecule has 2 aromatic rings. The Labute approximate surface area is 185 Å². The number of aryl methyl sites for hydroxylation is 1. The highest BCUT2D eigenvalue weighted by molar-refractivity contribution is 7.89. The number of rotatable bonds is 5. The van der Waals surface area contributed by atoms with Crippen molar-refractivity contribution < 1.29 is 22.7 Å². The van der Waals surface area contributed by atoms with Crippen molar-refractivity contribution in [1.82, 2.24) is 9.62 Å². The molecule has 2 aliphatic heterocycles. The molecule has 2 heterocycles. The van der Waals surface area contributed by atoms with Crippen LogP contribution in [0.15, 0.2) is 41.3 Å². The SMILES string of the molecule is Cc1ccc(CNC(=O)[C@@H]2CCCN2S(=O)(=O)c2cc3c(cc2Cl)NC(=O)CO3)cc1. The van der Waals surface area contributed by atoms with Gasteiger partial charge in [0, 0.05) is 19.2 Å². The lowest BCUT2D eigenvalue weighted by atomic mass is 10.1. The van der Waals surface area contributed by atoms with Crippen molar-refractivity contribution in [2.24, 2.45) is 0 Å². The van der Waals surface area contributed by atoms with E-state index in [2.05, 4.69) is 10.6 Å². The Kier molecular flexibility index (Phi) is 5.92. The molecule has 0 aliphatic carbocycles. The number of hydrogen-bond donors (Lipinski definition) is 2. The van der Waals surface area contributed by atoms with Gasteiger partial charge < -0.3 is 15.4 Å². The molecule has 4 rings (SSSR count). The number of sulfonamides is 1. The fraction of sp³-hybridized carbons (Fsp3) is 0.333. The second-order valence-electron chi connectivity index (χ2n) is 7.59. The molecule has 0 spiro atoms. The van der Waals surface area contributed by atoms with Crippen LogP contribution in [-0.2, 0) is 26.2 Å². The van der Waals surface area contributed by atoms with E-state index in [1.54, 1.807) is 0 Å². The maximum absolute atomic E-state index is 13.4. The monoisotopic (exact) mass is 463 g/mol. The first-order chi connectivity index (χ1) is 14.8. The van der Waals surface area contributed by atoms with Crippen molar-refractivity contribution in [3.63, 3.8) is 0 Å². The zero-order chi connectivity index (χ0) is 22.2. The summed E-state index contributed by atoms with van der Waals surface area (Å²) in [5, 5.41) is 5.38. The van der Waals surface area contributed by atoms with E-state index in [0.29, 0.717) is 25.1 Å². The van der Waals surface area contributed by atoms with Crippen LogP contribution in [0.4, 0.5) is 5.69 Å². The van der Waals surface area contributed by atoms with Crippen LogP contribution in [0.5, 0.6) is 5.75 Å². The average Bonchev–Trinajstić information content (AvgIpc) is 3.23. The number of fused-ring (bicyclic) bond motifs is 1. The molecule has 1 atom stereocenters. The van der Waals surface area contributed by atoms with E-state index >= 15 is 0 Å². The van der Waals surface area contributed by atoms with Crippen LogP contribution < -0.4 is 15.4 Å². The molecule has 0 aromatic heterocycles. The van der Waals surface area contributed by atoms with E-state index in [1.165, 1.54) is 16.4 Å². The van der Waals surface area contributed by atoms with Crippen LogP contribution in [0, 0.1) is 6.92 Å². The predicted octanol–water partition coefficient (Wildman–Crippen LogP) is 2.45. The van der Waals surface area contributed by atoms with Gasteiger partial charge in [0.25, 0.3) is 5.91 Å². The number of hydrogen-bond acceptors (Lipinski definition) is 5. The van der Waals surface area contributed by atoms with Crippen LogP contribution in [0.2, 0.25) is 5.02 Å². The normalized spacial score (nSPS) is 18.8. The van der Waals surface area contributed by atoms with Gasteiger partial charge in [0.05, 0.1) is 10.7 Å². The number of nitrogens with zero attached hydrogens (tertiary/aromatic N) is 1. The van der Waals surface area contributed by atoms with E-state index in [1.807, 2.05) is 31.2 Å². The fourth-order valence-electron chi connectivity index (χ4n) is 3.71. The highest BCUT2D eigenvalue weighted by Gasteiger charge is 2.40. The van der Waals surface area contributed by atoms with Crippen molar-refractivity contribution in [3.05, 3.63) is 52.5 Å². The largest absolute Gasteiger partial charge is 0.482 e. The number of nitrogens with one attached hydrogen (secondary N) is 2. The number of halogens is 1. The van der Waals surface area contributed by atoms with Gasteiger partial charge in [-0.25, -0.2) is 8.42 Å². The molecule has 2 N–H and O–H groups in total. The number of ether oxygens (including phenoxy) is 1. The minimum atomic E-state index is -4.05. The maximum atomic E-state index is 13.4.